The molecule has 0 radical (unpaired) electrons. The van der Waals surface area contributed by atoms with Gasteiger partial charge in [-0.15, -0.1) is 0 Å². The SMILES string of the molecule is CCC1(O)CCC(N(C)C(=O)c2ccc3nonc3c2)CC1.CCC1(O)CCC(N(C)C(=O)c2ccc3nonc3c2)CC1. The summed E-state index contributed by atoms with van der Waals surface area (Å²) in [6, 6.07) is 10.7. The first-order chi connectivity index (χ1) is 21.0. The molecule has 0 spiro atoms. The van der Waals surface area contributed by atoms with Gasteiger partial charge in [-0.2, -0.15) is 0 Å². The second-order valence-corrected chi connectivity index (χ2v) is 12.4. The number of carbonyl (C=O) groups is 2. The van der Waals surface area contributed by atoms with E-state index < -0.39 is 11.2 Å². The van der Waals surface area contributed by atoms with Crippen LogP contribution in [0.15, 0.2) is 45.7 Å². The summed E-state index contributed by atoms with van der Waals surface area (Å²) < 4.78 is 9.32. The standard InChI is InChI=1S/2C16H21N3O3/c2*1-3-16(21)8-6-12(7-9-16)19(2)15(20)11-4-5-13-14(10-11)18-22-17-13/h2*4-5,10,12,21H,3,6-9H2,1-2H3. The maximum absolute atomic E-state index is 12.6. The average Bonchev–Trinajstić information content (AvgIpc) is 3.73. The van der Waals surface area contributed by atoms with Crippen molar-refractivity contribution in [1.29, 1.82) is 0 Å². The minimum Gasteiger partial charge on any atom is -0.390 e. The molecule has 2 heterocycles. The lowest BCUT2D eigenvalue weighted by molar-refractivity contribution is -0.0182. The van der Waals surface area contributed by atoms with E-state index in [0.717, 1.165) is 64.2 Å². The molecule has 2 aliphatic carbocycles. The molecule has 2 aromatic carbocycles. The molecule has 236 valence electrons. The van der Waals surface area contributed by atoms with Crippen LogP contribution in [-0.2, 0) is 0 Å². The second kappa shape index (κ2) is 13.0. The lowest BCUT2D eigenvalue weighted by Gasteiger charge is -2.39. The van der Waals surface area contributed by atoms with Gasteiger partial charge in [-0.3, -0.25) is 9.59 Å². The van der Waals surface area contributed by atoms with Gasteiger partial charge in [0.25, 0.3) is 11.8 Å². The van der Waals surface area contributed by atoms with Gasteiger partial charge >= 0.3 is 0 Å². The number of hydrogen-bond donors (Lipinski definition) is 2. The fourth-order valence-electron chi connectivity index (χ4n) is 6.33. The maximum atomic E-state index is 12.6. The normalized spacial score (nSPS) is 25.3. The summed E-state index contributed by atoms with van der Waals surface area (Å²) in [6.07, 6.45) is 7.87. The van der Waals surface area contributed by atoms with Crippen molar-refractivity contribution in [1.82, 2.24) is 30.4 Å². The number of fused-ring (bicyclic) bond motifs is 2. The highest BCUT2D eigenvalue weighted by Gasteiger charge is 2.35. The third-order valence-electron chi connectivity index (χ3n) is 9.83. The zero-order chi connectivity index (χ0) is 31.5. The Bertz CT molecular complexity index is 1470. The van der Waals surface area contributed by atoms with Crippen LogP contribution < -0.4 is 0 Å². The quantitative estimate of drug-likeness (QED) is 0.313. The van der Waals surface area contributed by atoms with Crippen LogP contribution in [0.5, 0.6) is 0 Å². The van der Waals surface area contributed by atoms with E-state index in [0.29, 0.717) is 33.2 Å². The van der Waals surface area contributed by atoms with Gasteiger partial charge in [-0.05, 0) is 121 Å². The summed E-state index contributed by atoms with van der Waals surface area (Å²) in [5.74, 6) is -0.0614. The first-order valence-corrected chi connectivity index (χ1v) is 15.5. The van der Waals surface area contributed by atoms with Crippen LogP contribution in [0.2, 0.25) is 0 Å². The average molecular weight is 607 g/mol. The summed E-state index contributed by atoms with van der Waals surface area (Å²) in [7, 11) is 3.66. The summed E-state index contributed by atoms with van der Waals surface area (Å²) in [6.45, 7) is 4.02. The molecule has 0 bridgehead atoms. The summed E-state index contributed by atoms with van der Waals surface area (Å²) >= 11 is 0. The number of hydrogen-bond acceptors (Lipinski definition) is 10. The van der Waals surface area contributed by atoms with E-state index in [2.05, 4.69) is 29.9 Å². The Kier molecular flexibility index (Phi) is 9.31. The van der Waals surface area contributed by atoms with Crippen molar-refractivity contribution in [3.63, 3.8) is 0 Å². The van der Waals surface area contributed by atoms with Gasteiger partial charge in [0.05, 0.1) is 11.2 Å². The molecule has 0 unspecified atom stereocenters. The fraction of sp³-hybridized carbons (Fsp3) is 0.562. The Balaban J connectivity index is 0.000000175. The smallest absolute Gasteiger partial charge is 0.253 e. The summed E-state index contributed by atoms with van der Waals surface area (Å²) in [4.78, 5) is 28.8. The Labute approximate surface area is 256 Å². The Hall–Kier alpha value is -3.90. The number of nitrogens with zero attached hydrogens (tertiary/aromatic N) is 6. The number of carbonyl (C=O) groups excluding carboxylic acids is 2. The molecule has 6 rings (SSSR count). The molecule has 44 heavy (non-hydrogen) atoms. The highest BCUT2D eigenvalue weighted by atomic mass is 16.6. The Morgan fingerprint density at radius 2 is 1.02 bits per heavy atom. The zero-order valence-electron chi connectivity index (χ0n) is 25.9. The molecule has 2 aromatic heterocycles. The van der Waals surface area contributed by atoms with Crippen molar-refractivity contribution in [2.75, 3.05) is 14.1 Å². The van der Waals surface area contributed by atoms with Gasteiger partial charge < -0.3 is 20.0 Å². The topological polar surface area (TPSA) is 159 Å². The van der Waals surface area contributed by atoms with Crippen molar-refractivity contribution >= 4 is 33.9 Å². The molecule has 4 aromatic rings. The third-order valence-corrected chi connectivity index (χ3v) is 9.83. The van der Waals surface area contributed by atoms with E-state index in [9.17, 15) is 19.8 Å². The summed E-state index contributed by atoms with van der Waals surface area (Å²) in [5, 5.41) is 35.6. The van der Waals surface area contributed by atoms with Gasteiger partial charge in [0.1, 0.15) is 22.1 Å². The van der Waals surface area contributed by atoms with Crippen LogP contribution in [0.3, 0.4) is 0 Å². The van der Waals surface area contributed by atoms with Crippen LogP contribution in [0.25, 0.3) is 22.1 Å². The largest absolute Gasteiger partial charge is 0.390 e. The molecule has 12 nitrogen and oxygen atoms in total. The molecule has 2 amide bonds. The van der Waals surface area contributed by atoms with E-state index in [1.807, 2.05) is 27.9 Å². The second-order valence-electron chi connectivity index (χ2n) is 12.4. The van der Waals surface area contributed by atoms with Crippen molar-refractivity contribution in [2.45, 2.75) is 101 Å². The van der Waals surface area contributed by atoms with Gasteiger partial charge in [-0.25, -0.2) is 9.26 Å². The molecule has 0 atom stereocenters. The Morgan fingerprint density at radius 1 is 0.682 bits per heavy atom. The predicted octanol–water partition coefficient (Wildman–Crippen LogP) is 4.76. The van der Waals surface area contributed by atoms with Gasteiger partial charge in [0.2, 0.25) is 0 Å². The number of amides is 2. The zero-order valence-corrected chi connectivity index (χ0v) is 25.9. The molecule has 0 aliphatic heterocycles. The highest BCUT2D eigenvalue weighted by Crippen LogP contribution is 2.34. The minimum absolute atomic E-state index is 0.0307. The van der Waals surface area contributed by atoms with E-state index in [1.165, 1.54) is 0 Å². The van der Waals surface area contributed by atoms with Crippen molar-refractivity contribution in [2.24, 2.45) is 0 Å². The van der Waals surface area contributed by atoms with Crippen LogP contribution >= 0.6 is 0 Å². The van der Waals surface area contributed by atoms with Gasteiger partial charge in [-0.1, -0.05) is 13.8 Å². The van der Waals surface area contributed by atoms with Crippen molar-refractivity contribution < 1.29 is 29.1 Å². The van der Waals surface area contributed by atoms with Crippen molar-refractivity contribution in [3.05, 3.63) is 47.5 Å². The number of benzene rings is 2. The first-order valence-electron chi connectivity index (χ1n) is 15.5. The third kappa shape index (κ3) is 6.76. The first kappa shape index (κ1) is 31.5. The molecular formula is C32H42N6O6. The van der Waals surface area contributed by atoms with Crippen LogP contribution in [0.4, 0.5) is 0 Å². The lowest BCUT2D eigenvalue weighted by Crippen LogP contribution is -2.44. The predicted molar refractivity (Wildman–Crippen MR) is 163 cm³/mol. The molecule has 2 aliphatic rings. The molecule has 12 heteroatoms. The number of aromatic nitrogens is 4. The van der Waals surface area contributed by atoms with Gasteiger partial charge in [0, 0.05) is 37.3 Å². The summed E-state index contributed by atoms with van der Waals surface area (Å²) in [5.41, 5.74) is 2.53. The van der Waals surface area contributed by atoms with Crippen LogP contribution in [-0.4, -0.2) is 89.8 Å². The highest BCUT2D eigenvalue weighted by molar-refractivity contribution is 5.98. The van der Waals surface area contributed by atoms with Gasteiger partial charge in [0.15, 0.2) is 0 Å². The monoisotopic (exact) mass is 606 g/mol. The van der Waals surface area contributed by atoms with Crippen LogP contribution in [0.1, 0.15) is 98.8 Å². The minimum atomic E-state index is -0.550. The molecule has 2 fully saturated rings. The number of aliphatic hydroxyl groups is 2. The van der Waals surface area contributed by atoms with E-state index >= 15 is 0 Å². The molecule has 2 N–H and O–H groups in total. The van der Waals surface area contributed by atoms with Crippen molar-refractivity contribution in [3.8, 4) is 0 Å². The molecule has 0 saturated heterocycles. The van der Waals surface area contributed by atoms with E-state index in [-0.39, 0.29) is 23.9 Å². The maximum Gasteiger partial charge on any atom is 0.253 e. The van der Waals surface area contributed by atoms with E-state index in [4.69, 9.17) is 0 Å². The molecule has 2 saturated carbocycles. The van der Waals surface area contributed by atoms with Crippen LogP contribution in [0, 0.1) is 0 Å². The van der Waals surface area contributed by atoms with E-state index in [1.54, 1.807) is 46.2 Å². The number of rotatable bonds is 6. The Morgan fingerprint density at radius 3 is 1.36 bits per heavy atom. The lowest BCUT2D eigenvalue weighted by atomic mass is 9.80. The fourth-order valence-corrected chi connectivity index (χ4v) is 6.33. The molecular weight excluding hydrogens is 564 g/mol.